The molecule has 2 aromatic carbocycles. The first-order valence-electron chi connectivity index (χ1n) is 9.80. The van der Waals surface area contributed by atoms with Crippen molar-refractivity contribution in [3.63, 3.8) is 0 Å². The normalized spacial score (nSPS) is 15.6. The highest BCUT2D eigenvalue weighted by molar-refractivity contribution is 5.81. The first-order valence-corrected chi connectivity index (χ1v) is 9.80. The third-order valence-electron chi connectivity index (χ3n) is 5.55. The Morgan fingerprint density at radius 2 is 1.78 bits per heavy atom. The molecule has 140 valence electrons. The summed E-state index contributed by atoms with van der Waals surface area (Å²) in [5, 5.41) is 1.08. The summed E-state index contributed by atoms with van der Waals surface area (Å²) in [6, 6.07) is 18.5. The van der Waals surface area contributed by atoms with Crippen LogP contribution in [-0.2, 0) is 6.54 Å². The van der Waals surface area contributed by atoms with Gasteiger partial charge in [0.05, 0.1) is 26.2 Å². The highest BCUT2D eigenvalue weighted by atomic mass is 16.4. The Balaban J connectivity index is 1.53. The molecular formula is C23H27N2O2+. The highest BCUT2D eigenvalue weighted by Gasteiger charge is 2.21. The molecule has 2 heterocycles. The van der Waals surface area contributed by atoms with Gasteiger partial charge < -0.3 is 14.2 Å². The van der Waals surface area contributed by atoms with Gasteiger partial charge in [0.15, 0.2) is 0 Å². The molecule has 0 radical (unpaired) electrons. The minimum Gasteiger partial charge on any atom is -0.423 e. The average molecular weight is 363 g/mol. The van der Waals surface area contributed by atoms with Crippen molar-refractivity contribution < 1.29 is 9.32 Å². The lowest BCUT2D eigenvalue weighted by molar-refractivity contribution is -0.914. The molecule has 0 amide bonds. The van der Waals surface area contributed by atoms with E-state index in [4.69, 9.17) is 4.42 Å². The lowest BCUT2D eigenvalue weighted by Crippen LogP contribution is -3.13. The topological polar surface area (TPSA) is 37.9 Å². The van der Waals surface area contributed by atoms with Gasteiger partial charge in [-0.15, -0.1) is 0 Å². The number of anilines is 1. The third-order valence-corrected chi connectivity index (χ3v) is 5.55. The molecule has 1 aromatic heterocycles. The first-order chi connectivity index (χ1) is 13.1. The zero-order chi connectivity index (χ0) is 18.8. The minimum absolute atomic E-state index is 0.253. The number of hydrogen-bond donors (Lipinski definition) is 1. The predicted molar refractivity (Wildman–Crippen MR) is 110 cm³/mol. The van der Waals surface area contributed by atoms with Gasteiger partial charge in [0, 0.05) is 22.7 Å². The van der Waals surface area contributed by atoms with Crippen LogP contribution in [0.3, 0.4) is 0 Å². The lowest BCUT2D eigenvalue weighted by Gasteiger charge is -2.33. The van der Waals surface area contributed by atoms with Crippen molar-refractivity contribution in [2.45, 2.75) is 26.3 Å². The fraction of sp³-hybridized carbons (Fsp3) is 0.348. The molecular weight excluding hydrogens is 336 g/mol. The number of fused-ring (bicyclic) bond motifs is 1. The van der Waals surface area contributed by atoms with E-state index in [0.29, 0.717) is 11.5 Å². The third kappa shape index (κ3) is 3.91. The molecule has 1 aliphatic heterocycles. The number of piperazine rings is 1. The number of nitrogens with one attached hydrogen (secondary N) is 1. The summed E-state index contributed by atoms with van der Waals surface area (Å²) < 4.78 is 5.43. The lowest BCUT2D eigenvalue weighted by atomic mass is 9.99. The molecule has 0 aliphatic carbocycles. The van der Waals surface area contributed by atoms with E-state index >= 15 is 0 Å². The van der Waals surface area contributed by atoms with Crippen LogP contribution in [0.2, 0.25) is 0 Å². The van der Waals surface area contributed by atoms with E-state index in [0.717, 1.165) is 43.7 Å². The number of nitrogens with zero attached hydrogens (tertiary/aromatic N) is 1. The maximum Gasteiger partial charge on any atom is 0.336 e. The van der Waals surface area contributed by atoms with Crippen LogP contribution in [0.5, 0.6) is 0 Å². The molecule has 1 N–H and O–H groups in total. The van der Waals surface area contributed by atoms with Gasteiger partial charge in [-0.05, 0) is 35.7 Å². The SMILES string of the molecule is CC(C)c1ccc2oc(=O)cc(C[NH+]3CCN(c4ccccc4)CC3)c2c1. The summed E-state index contributed by atoms with van der Waals surface area (Å²) in [7, 11) is 0. The number of para-hydroxylation sites is 1. The van der Waals surface area contributed by atoms with E-state index in [-0.39, 0.29) is 5.63 Å². The van der Waals surface area contributed by atoms with Crippen molar-refractivity contribution in [3.05, 3.63) is 76.1 Å². The Kier molecular flexibility index (Phi) is 4.99. The number of rotatable bonds is 4. The van der Waals surface area contributed by atoms with Crippen LogP contribution in [0.15, 0.2) is 63.8 Å². The van der Waals surface area contributed by atoms with Crippen LogP contribution < -0.4 is 15.4 Å². The molecule has 0 spiro atoms. The average Bonchev–Trinajstić information content (AvgIpc) is 2.69. The van der Waals surface area contributed by atoms with Crippen molar-refractivity contribution >= 4 is 16.7 Å². The Hall–Kier alpha value is -2.59. The summed E-state index contributed by atoms with van der Waals surface area (Å²) in [6.45, 7) is 9.46. The van der Waals surface area contributed by atoms with E-state index in [9.17, 15) is 4.79 Å². The van der Waals surface area contributed by atoms with Crippen LogP contribution in [0.4, 0.5) is 5.69 Å². The molecule has 4 rings (SSSR count). The molecule has 27 heavy (non-hydrogen) atoms. The molecule has 1 fully saturated rings. The molecule has 1 saturated heterocycles. The van der Waals surface area contributed by atoms with E-state index in [2.05, 4.69) is 61.2 Å². The second-order valence-electron chi connectivity index (χ2n) is 7.75. The standard InChI is InChI=1S/C23H26N2O2/c1-17(2)18-8-9-22-21(14-18)19(15-23(26)27-22)16-24-10-12-25(13-11-24)20-6-4-3-5-7-20/h3-9,14-15,17H,10-13,16H2,1-2H3/p+1. The summed E-state index contributed by atoms with van der Waals surface area (Å²) >= 11 is 0. The number of hydrogen-bond acceptors (Lipinski definition) is 3. The number of quaternary nitrogens is 1. The maximum absolute atomic E-state index is 12.0. The molecule has 0 saturated carbocycles. The van der Waals surface area contributed by atoms with Gasteiger partial charge in [-0.1, -0.05) is 38.1 Å². The van der Waals surface area contributed by atoms with Crippen molar-refractivity contribution in [1.82, 2.24) is 0 Å². The van der Waals surface area contributed by atoms with Crippen LogP contribution in [0, 0.1) is 0 Å². The second kappa shape index (κ2) is 7.57. The first kappa shape index (κ1) is 17.8. The maximum atomic E-state index is 12.0. The quantitative estimate of drug-likeness (QED) is 0.725. The van der Waals surface area contributed by atoms with E-state index < -0.39 is 0 Å². The van der Waals surface area contributed by atoms with Gasteiger partial charge in [-0.3, -0.25) is 0 Å². The Morgan fingerprint density at radius 1 is 1.04 bits per heavy atom. The minimum atomic E-state index is -0.253. The largest absolute Gasteiger partial charge is 0.423 e. The highest BCUT2D eigenvalue weighted by Crippen LogP contribution is 2.23. The summed E-state index contributed by atoms with van der Waals surface area (Å²) in [4.78, 5) is 16.0. The summed E-state index contributed by atoms with van der Waals surface area (Å²) in [6.07, 6.45) is 0. The van der Waals surface area contributed by atoms with Gasteiger partial charge in [-0.2, -0.15) is 0 Å². The van der Waals surface area contributed by atoms with Gasteiger partial charge in [-0.25, -0.2) is 4.79 Å². The van der Waals surface area contributed by atoms with Crippen LogP contribution in [0.1, 0.15) is 30.9 Å². The molecule has 3 aromatic rings. The molecule has 1 aliphatic rings. The Bertz CT molecular complexity index is 971. The summed E-state index contributed by atoms with van der Waals surface area (Å²) in [5.74, 6) is 0.455. The van der Waals surface area contributed by atoms with E-state index in [1.54, 1.807) is 6.07 Å². The monoisotopic (exact) mass is 363 g/mol. The molecule has 4 nitrogen and oxygen atoms in total. The van der Waals surface area contributed by atoms with Gasteiger partial charge in [0.2, 0.25) is 0 Å². The Morgan fingerprint density at radius 3 is 2.48 bits per heavy atom. The van der Waals surface area contributed by atoms with Crippen LogP contribution >= 0.6 is 0 Å². The van der Waals surface area contributed by atoms with Crippen LogP contribution in [-0.4, -0.2) is 26.2 Å². The van der Waals surface area contributed by atoms with Crippen molar-refractivity contribution in [1.29, 1.82) is 0 Å². The van der Waals surface area contributed by atoms with Crippen molar-refractivity contribution in [2.75, 3.05) is 31.1 Å². The number of benzene rings is 2. The van der Waals surface area contributed by atoms with Crippen LogP contribution in [0.25, 0.3) is 11.0 Å². The van der Waals surface area contributed by atoms with Crippen molar-refractivity contribution in [3.8, 4) is 0 Å². The van der Waals surface area contributed by atoms with E-state index in [1.165, 1.54) is 16.2 Å². The van der Waals surface area contributed by atoms with Gasteiger partial charge in [0.1, 0.15) is 12.1 Å². The second-order valence-corrected chi connectivity index (χ2v) is 7.75. The fourth-order valence-electron chi connectivity index (χ4n) is 3.92. The van der Waals surface area contributed by atoms with Gasteiger partial charge in [0.25, 0.3) is 0 Å². The molecule has 0 bridgehead atoms. The van der Waals surface area contributed by atoms with Crippen molar-refractivity contribution in [2.24, 2.45) is 0 Å². The van der Waals surface area contributed by atoms with Gasteiger partial charge >= 0.3 is 5.63 Å². The zero-order valence-electron chi connectivity index (χ0n) is 16.1. The fourth-order valence-corrected chi connectivity index (χ4v) is 3.92. The molecule has 0 unspecified atom stereocenters. The zero-order valence-corrected chi connectivity index (χ0v) is 16.1. The smallest absolute Gasteiger partial charge is 0.336 e. The molecule has 4 heteroatoms. The molecule has 0 atom stereocenters. The summed E-state index contributed by atoms with van der Waals surface area (Å²) in [5.41, 5.74) is 4.12. The Labute approximate surface area is 160 Å². The predicted octanol–water partition coefficient (Wildman–Crippen LogP) is 2.82. The van der Waals surface area contributed by atoms with E-state index in [1.807, 2.05) is 6.07 Å².